The Balaban J connectivity index is 1.65. The minimum absolute atomic E-state index is 0.0392. The number of nitrogens with one attached hydrogen (secondary N) is 1. The zero-order valence-corrected chi connectivity index (χ0v) is 12.5. The molecule has 9 heteroatoms. The normalized spacial score (nSPS) is 34.6. The van der Waals surface area contributed by atoms with E-state index in [-0.39, 0.29) is 12.9 Å². The Morgan fingerprint density at radius 1 is 1.30 bits per heavy atom. The van der Waals surface area contributed by atoms with Crippen LogP contribution in [0.1, 0.15) is 25.5 Å². The van der Waals surface area contributed by atoms with Crippen LogP contribution in [0, 0.1) is 0 Å². The van der Waals surface area contributed by atoms with Crippen LogP contribution in [-0.2, 0) is 14.2 Å². The van der Waals surface area contributed by atoms with E-state index in [1.165, 1.54) is 6.20 Å². The lowest BCUT2D eigenvalue weighted by atomic mass is 10.1. The molecule has 0 saturated carbocycles. The second-order valence-electron chi connectivity index (χ2n) is 5.69. The summed E-state index contributed by atoms with van der Waals surface area (Å²) in [7, 11) is 0. The average molecular weight is 328 g/mol. The lowest BCUT2D eigenvalue weighted by molar-refractivity contribution is -0.185. The molecule has 9 nitrogen and oxygen atoms in total. The number of aromatic nitrogens is 2. The first-order chi connectivity index (χ1) is 11.1. The Labute approximate surface area is 131 Å². The van der Waals surface area contributed by atoms with Crippen LogP contribution >= 0.6 is 0 Å². The molecule has 2 aliphatic rings. The molecule has 128 valence electrons. The summed E-state index contributed by atoms with van der Waals surface area (Å²) in [6.07, 6.45) is -0.735. The molecule has 0 bridgehead atoms. The molecule has 0 spiro atoms. The van der Waals surface area contributed by atoms with E-state index in [0.29, 0.717) is 6.61 Å². The molecule has 1 unspecified atom stereocenters. The molecule has 2 aliphatic heterocycles. The molecule has 1 aromatic rings. The van der Waals surface area contributed by atoms with E-state index in [2.05, 4.69) is 4.98 Å². The number of H-pyrrole nitrogens is 1. The molecule has 2 saturated heterocycles. The standard InChI is InChI=1S/C14H20N2O7/c17-9-4-5-16(14(20)15-9)13-12(19)11(18)8(23-13)7-22-10-3-1-2-6-21-10/h4-5,8,10-13,18-19H,1-3,6-7H2,(H,15,17,20)/t8-,10?,11-,12-,13-/m1/s1. The number of rotatable bonds is 4. The molecule has 23 heavy (non-hydrogen) atoms. The molecule has 0 amide bonds. The summed E-state index contributed by atoms with van der Waals surface area (Å²) < 4.78 is 17.6. The number of hydrogen-bond donors (Lipinski definition) is 3. The predicted molar refractivity (Wildman–Crippen MR) is 76.8 cm³/mol. The Bertz CT molecular complexity index is 637. The van der Waals surface area contributed by atoms with E-state index >= 15 is 0 Å². The van der Waals surface area contributed by atoms with Gasteiger partial charge in [-0.2, -0.15) is 0 Å². The van der Waals surface area contributed by atoms with E-state index in [1.54, 1.807) is 0 Å². The highest BCUT2D eigenvalue weighted by Gasteiger charge is 2.44. The average Bonchev–Trinajstić information content (AvgIpc) is 2.82. The van der Waals surface area contributed by atoms with Crippen LogP contribution in [0.5, 0.6) is 0 Å². The van der Waals surface area contributed by atoms with Crippen molar-refractivity contribution in [2.24, 2.45) is 0 Å². The van der Waals surface area contributed by atoms with Crippen molar-refractivity contribution >= 4 is 0 Å². The molecular formula is C14H20N2O7. The number of ether oxygens (including phenoxy) is 3. The summed E-state index contributed by atoms with van der Waals surface area (Å²) in [6, 6.07) is 1.14. The monoisotopic (exact) mass is 328 g/mol. The van der Waals surface area contributed by atoms with Gasteiger partial charge in [-0.05, 0) is 19.3 Å². The van der Waals surface area contributed by atoms with E-state index in [9.17, 15) is 19.8 Å². The first-order valence-corrected chi connectivity index (χ1v) is 7.62. The SMILES string of the molecule is O=c1ccn([C@@H]2O[C@H](COC3CCCCO3)[C@@H](O)[C@H]2O)c(=O)[nH]1. The van der Waals surface area contributed by atoms with Crippen molar-refractivity contribution in [2.75, 3.05) is 13.2 Å². The Morgan fingerprint density at radius 2 is 2.13 bits per heavy atom. The molecule has 0 aromatic carbocycles. The highest BCUT2D eigenvalue weighted by Crippen LogP contribution is 2.29. The number of hydrogen-bond acceptors (Lipinski definition) is 7. The molecular weight excluding hydrogens is 308 g/mol. The maximum atomic E-state index is 11.8. The van der Waals surface area contributed by atoms with Crippen molar-refractivity contribution in [1.29, 1.82) is 0 Å². The number of aromatic amines is 1. The van der Waals surface area contributed by atoms with Gasteiger partial charge in [0.1, 0.15) is 18.3 Å². The Kier molecular flexibility index (Phi) is 4.93. The molecule has 5 atom stereocenters. The van der Waals surface area contributed by atoms with Crippen LogP contribution < -0.4 is 11.2 Å². The quantitative estimate of drug-likeness (QED) is 0.627. The van der Waals surface area contributed by atoms with Gasteiger partial charge in [-0.3, -0.25) is 14.3 Å². The number of nitrogens with zero attached hydrogens (tertiary/aromatic N) is 1. The van der Waals surface area contributed by atoms with Gasteiger partial charge in [0, 0.05) is 18.9 Å². The van der Waals surface area contributed by atoms with Crippen molar-refractivity contribution in [2.45, 2.75) is 50.1 Å². The number of aliphatic hydroxyl groups is 2. The molecule has 2 fully saturated rings. The van der Waals surface area contributed by atoms with Gasteiger partial charge in [0.05, 0.1) is 6.61 Å². The fraction of sp³-hybridized carbons (Fsp3) is 0.714. The fourth-order valence-corrected chi connectivity index (χ4v) is 2.77. The second-order valence-corrected chi connectivity index (χ2v) is 5.69. The minimum atomic E-state index is -1.31. The molecule has 3 N–H and O–H groups in total. The van der Waals surface area contributed by atoms with Crippen molar-refractivity contribution in [3.63, 3.8) is 0 Å². The highest BCUT2D eigenvalue weighted by molar-refractivity contribution is 4.93. The van der Waals surface area contributed by atoms with Gasteiger partial charge < -0.3 is 24.4 Å². The minimum Gasteiger partial charge on any atom is -0.387 e. The van der Waals surface area contributed by atoms with E-state index in [0.717, 1.165) is 29.9 Å². The summed E-state index contributed by atoms with van der Waals surface area (Å²) >= 11 is 0. The summed E-state index contributed by atoms with van der Waals surface area (Å²) in [5.74, 6) is 0. The second kappa shape index (κ2) is 6.93. The van der Waals surface area contributed by atoms with Crippen LogP contribution in [0.4, 0.5) is 0 Å². The smallest absolute Gasteiger partial charge is 0.330 e. The van der Waals surface area contributed by atoms with Crippen LogP contribution in [0.15, 0.2) is 21.9 Å². The zero-order chi connectivity index (χ0) is 16.4. The fourth-order valence-electron chi connectivity index (χ4n) is 2.77. The van der Waals surface area contributed by atoms with Crippen molar-refractivity contribution in [3.05, 3.63) is 33.1 Å². The van der Waals surface area contributed by atoms with Crippen LogP contribution in [0.25, 0.3) is 0 Å². The third kappa shape index (κ3) is 3.54. The van der Waals surface area contributed by atoms with Gasteiger partial charge in [0.2, 0.25) is 0 Å². The van der Waals surface area contributed by atoms with Gasteiger partial charge in [-0.25, -0.2) is 4.79 Å². The molecule has 0 aliphatic carbocycles. The summed E-state index contributed by atoms with van der Waals surface area (Å²) in [5, 5.41) is 20.2. The number of aliphatic hydroxyl groups excluding tert-OH is 2. The van der Waals surface area contributed by atoms with Crippen molar-refractivity contribution in [3.8, 4) is 0 Å². The zero-order valence-electron chi connectivity index (χ0n) is 12.5. The van der Waals surface area contributed by atoms with Crippen LogP contribution in [0.3, 0.4) is 0 Å². The van der Waals surface area contributed by atoms with Gasteiger partial charge >= 0.3 is 5.69 Å². The summed E-state index contributed by atoms with van der Waals surface area (Å²) in [5.41, 5.74) is -1.26. The molecule has 3 rings (SSSR count). The summed E-state index contributed by atoms with van der Waals surface area (Å²) in [4.78, 5) is 24.9. The largest absolute Gasteiger partial charge is 0.387 e. The molecule has 0 radical (unpaired) electrons. The maximum Gasteiger partial charge on any atom is 0.330 e. The van der Waals surface area contributed by atoms with Crippen molar-refractivity contribution < 1.29 is 24.4 Å². The van der Waals surface area contributed by atoms with Gasteiger partial charge in [-0.15, -0.1) is 0 Å². The highest BCUT2D eigenvalue weighted by atomic mass is 16.7. The first-order valence-electron chi connectivity index (χ1n) is 7.62. The van der Waals surface area contributed by atoms with Gasteiger partial charge in [0.15, 0.2) is 12.5 Å². The molecule has 3 heterocycles. The Hall–Kier alpha value is -1.52. The van der Waals surface area contributed by atoms with Gasteiger partial charge in [0.25, 0.3) is 5.56 Å². The van der Waals surface area contributed by atoms with E-state index in [4.69, 9.17) is 14.2 Å². The van der Waals surface area contributed by atoms with E-state index in [1.807, 2.05) is 0 Å². The third-order valence-electron chi connectivity index (χ3n) is 4.05. The van der Waals surface area contributed by atoms with Crippen molar-refractivity contribution in [1.82, 2.24) is 9.55 Å². The Morgan fingerprint density at radius 3 is 2.83 bits per heavy atom. The van der Waals surface area contributed by atoms with Gasteiger partial charge in [-0.1, -0.05) is 0 Å². The lowest BCUT2D eigenvalue weighted by Crippen LogP contribution is -2.38. The lowest BCUT2D eigenvalue weighted by Gasteiger charge is -2.24. The molecule has 1 aromatic heterocycles. The van der Waals surface area contributed by atoms with Crippen LogP contribution in [0.2, 0.25) is 0 Å². The van der Waals surface area contributed by atoms with Crippen LogP contribution in [-0.4, -0.2) is 57.6 Å². The van der Waals surface area contributed by atoms with E-state index < -0.39 is 35.8 Å². The third-order valence-corrected chi connectivity index (χ3v) is 4.05. The maximum absolute atomic E-state index is 11.8. The summed E-state index contributed by atoms with van der Waals surface area (Å²) in [6.45, 7) is 0.675. The predicted octanol–water partition coefficient (Wildman–Crippen LogP) is -1.30. The topological polar surface area (TPSA) is 123 Å². The first kappa shape index (κ1) is 16.3.